The SMILES string of the molecule is CCCOc1ccccc1OCCC(C)(C#N)NC. The standard InChI is InChI=1S/C15H22N2O2/c1-4-10-18-13-7-5-6-8-14(13)19-11-9-15(2,12-16)17-3/h5-8,17H,4,9-11H2,1-3H3. The second-order valence-corrected chi connectivity index (χ2v) is 4.59. The first-order chi connectivity index (χ1) is 9.15. The molecule has 4 heteroatoms. The van der Waals surface area contributed by atoms with Crippen LogP contribution in [0.25, 0.3) is 0 Å². The maximum Gasteiger partial charge on any atom is 0.161 e. The van der Waals surface area contributed by atoms with Crippen molar-refractivity contribution in [1.29, 1.82) is 5.26 Å². The van der Waals surface area contributed by atoms with Crippen molar-refractivity contribution in [1.82, 2.24) is 5.32 Å². The fourth-order valence-corrected chi connectivity index (χ4v) is 1.50. The summed E-state index contributed by atoms with van der Waals surface area (Å²) in [5, 5.41) is 12.1. The lowest BCUT2D eigenvalue weighted by atomic mass is 10.0. The van der Waals surface area contributed by atoms with Crippen LogP contribution in [0, 0.1) is 11.3 Å². The molecule has 19 heavy (non-hydrogen) atoms. The minimum atomic E-state index is -0.556. The molecule has 0 aliphatic rings. The second kappa shape index (κ2) is 7.65. The van der Waals surface area contributed by atoms with Gasteiger partial charge in [0.05, 0.1) is 19.3 Å². The van der Waals surface area contributed by atoms with Gasteiger partial charge in [0.1, 0.15) is 5.54 Å². The number of ether oxygens (including phenoxy) is 2. The zero-order valence-corrected chi connectivity index (χ0v) is 11.9. The summed E-state index contributed by atoms with van der Waals surface area (Å²) in [4.78, 5) is 0. The van der Waals surface area contributed by atoms with Gasteiger partial charge in [-0.1, -0.05) is 19.1 Å². The van der Waals surface area contributed by atoms with Crippen LogP contribution in [0.1, 0.15) is 26.7 Å². The smallest absolute Gasteiger partial charge is 0.161 e. The lowest BCUT2D eigenvalue weighted by Crippen LogP contribution is -2.39. The topological polar surface area (TPSA) is 54.3 Å². The van der Waals surface area contributed by atoms with Gasteiger partial charge in [-0.05, 0) is 32.5 Å². The Hall–Kier alpha value is -1.73. The molecule has 0 spiro atoms. The van der Waals surface area contributed by atoms with Crippen LogP contribution in [-0.4, -0.2) is 25.8 Å². The molecule has 0 bridgehead atoms. The molecule has 1 aromatic carbocycles. The van der Waals surface area contributed by atoms with E-state index in [0.717, 1.165) is 17.9 Å². The third kappa shape index (κ3) is 4.80. The highest BCUT2D eigenvalue weighted by Gasteiger charge is 2.21. The number of hydrogen-bond acceptors (Lipinski definition) is 4. The van der Waals surface area contributed by atoms with Crippen LogP contribution in [0.3, 0.4) is 0 Å². The highest BCUT2D eigenvalue weighted by atomic mass is 16.5. The quantitative estimate of drug-likeness (QED) is 0.782. The molecule has 0 fully saturated rings. The first-order valence-electron chi connectivity index (χ1n) is 6.60. The molecule has 0 amide bonds. The van der Waals surface area contributed by atoms with E-state index in [1.807, 2.05) is 31.2 Å². The fraction of sp³-hybridized carbons (Fsp3) is 0.533. The first-order valence-corrected chi connectivity index (χ1v) is 6.60. The molecule has 0 aliphatic carbocycles. The van der Waals surface area contributed by atoms with E-state index in [2.05, 4.69) is 18.3 Å². The van der Waals surface area contributed by atoms with Gasteiger partial charge in [0.15, 0.2) is 11.5 Å². The first kappa shape index (κ1) is 15.3. The molecule has 0 aromatic heterocycles. The number of rotatable bonds is 8. The Labute approximate surface area is 115 Å². The molecule has 1 N–H and O–H groups in total. The Morgan fingerprint density at radius 3 is 2.26 bits per heavy atom. The molecule has 0 heterocycles. The van der Waals surface area contributed by atoms with Crippen molar-refractivity contribution >= 4 is 0 Å². The van der Waals surface area contributed by atoms with Gasteiger partial charge in [-0.2, -0.15) is 5.26 Å². The summed E-state index contributed by atoms with van der Waals surface area (Å²) in [7, 11) is 1.78. The van der Waals surface area contributed by atoms with E-state index >= 15 is 0 Å². The average molecular weight is 262 g/mol. The van der Waals surface area contributed by atoms with Crippen LogP contribution in [0.15, 0.2) is 24.3 Å². The molecule has 1 atom stereocenters. The van der Waals surface area contributed by atoms with E-state index in [9.17, 15) is 0 Å². The number of nitriles is 1. The van der Waals surface area contributed by atoms with Crippen LogP contribution in [-0.2, 0) is 0 Å². The summed E-state index contributed by atoms with van der Waals surface area (Å²) in [5.41, 5.74) is -0.556. The highest BCUT2D eigenvalue weighted by molar-refractivity contribution is 5.39. The predicted octanol–water partition coefficient (Wildman–Crippen LogP) is 2.75. The monoisotopic (exact) mass is 262 g/mol. The van der Waals surface area contributed by atoms with Crippen molar-refractivity contribution in [2.24, 2.45) is 0 Å². The molecular formula is C15H22N2O2. The summed E-state index contributed by atoms with van der Waals surface area (Å²) in [6.07, 6.45) is 1.57. The number of benzene rings is 1. The fourth-order valence-electron chi connectivity index (χ4n) is 1.50. The van der Waals surface area contributed by atoms with E-state index in [1.54, 1.807) is 7.05 Å². The summed E-state index contributed by atoms with van der Waals surface area (Å²) < 4.78 is 11.3. The van der Waals surface area contributed by atoms with Crippen LogP contribution in [0.2, 0.25) is 0 Å². The van der Waals surface area contributed by atoms with Crippen molar-refractivity contribution < 1.29 is 9.47 Å². The minimum Gasteiger partial charge on any atom is -0.490 e. The zero-order valence-electron chi connectivity index (χ0n) is 11.9. The van der Waals surface area contributed by atoms with Gasteiger partial charge < -0.3 is 14.8 Å². The molecular weight excluding hydrogens is 240 g/mol. The lowest BCUT2D eigenvalue weighted by Gasteiger charge is -2.21. The highest BCUT2D eigenvalue weighted by Crippen LogP contribution is 2.27. The van der Waals surface area contributed by atoms with Gasteiger partial charge in [-0.25, -0.2) is 0 Å². The molecule has 1 unspecified atom stereocenters. The van der Waals surface area contributed by atoms with E-state index in [0.29, 0.717) is 19.6 Å². The Bertz CT molecular complexity index is 428. The van der Waals surface area contributed by atoms with Crippen molar-refractivity contribution in [3.63, 3.8) is 0 Å². The lowest BCUT2D eigenvalue weighted by molar-refractivity contribution is 0.247. The minimum absolute atomic E-state index is 0.470. The maximum atomic E-state index is 9.06. The summed E-state index contributed by atoms with van der Waals surface area (Å²) in [6, 6.07) is 9.85. The van der Waals surface area contributed by atoms with E-state index in [1.165, 1.54) is 0 Å². The molecule has 0 aliphatic heterocycles. The van der Waals surface area contributed by atoms with E-state index in [4.69, 9.17) is 14.7 Å². The van der Waals surface area contributed by atoms with Crippen molar-refractivity contribution in [3.8, 4) is 17.6 Å². The molecule has 0 saturated heterocycles. The van der Waals surface area contributed by atoms with Crippen molar-refractivity contribution in [2.45, 2.75) is 32.2 Å². The molecule has 104 valence electrons. The van der Waals surface area contributed by atoms with E-state index in [-0.39, 0.29) is 0 Å². The number of nitrogens with zero attached hydrogens (tertiary/aromatic N) is 1. The van der Waals surface area contributed by atoms with Gasteiger partial charge in [0.2, 0.25) is 0 Å². The molecule has 1 aromatic rings. The summed E-state index contributed by atoms with van der Waals surface area (Å²) in [5.74, 6) is 1.49. The Kier molecular flexibility index (Phi) is 6.17. The van der Waals surface area contributed by atoms with Crippen LogP contribution < -0.4 is 14.8 Å². The number of hydrogen-bond donors (Lipinski definition) is 1. The zero-order chi connectivity index (χ0) is 14.1. The van der Waals surface area contributed by atoms with E-state index < -0.39 is 5.54 Å². The van der Waals surface area contributed by atoms with Gasteiger partial charge in [0.25, 0.3) is 0 Å². The van der Waals surface area contributed by atoms with Crippen LogP contribution in [0.5, 0.6) is 11.5 Å². The molecule has 0 radical (unpaired) electrons. The third-order valence-electron chi connectivity index (χ3n) is 2.97. The van der Waals surface area contributed by atoms with Crippen LogP contribution in [0.4, 0.5) is 0 Å². The van der Waals surface area contributed by atoms with Gasteiger partial charge in [-0.15, -0.1) is 0 Å². The van der Waals surface area contributed by atoms with Gasteiger partial charge in [0, 0.05) is 6.42 Å². The molecule has 4 nitrogen and oxygen atoms in total. The molecule has 0 saturated carbocycles. The number of nitrogens with one attached hydrogen (secondary N) is 1. The second-order valence-electron chi connectivity index (χ2n) is 4.59. The predicted molar refractivity (Wildman–Crippen MR) is 75.4 cm³/mol. The summed E-state index contributed by atoms with van der Waals surface area (Å²) in [6.45, 7) is 5.06. The van der Waals surface area contributed by atoms with Crippen molar-refractivity contribution in [2.75, 3.05) is 20.3 Å². The third-order valence-corrected chi connectivity index (χ3v) is 2.97. The Balaban J connectivity index is 2.56. The molecule has 1 rings (SSSR count). The Morgan fingerprint density at radius 1 is 1.21 bits per heavy atom. The van der Waals surface area contributed by atoms with Gasteiger partial charge >= 0.3 is 0 Å². The van der Waals surface area contributed by atoms with Crippen molar-refractivity contribution in [3.05, 3.63) is 24.3 Å². The van der Waals surface area contributed by atoms with Crippen LogP contribution >= 0.6 is 0 Å². The normalized spacial score (nSPS) is 13.4. The average Bonchev–Trinajstić information content (AvgIpc) is 2.46. The van der Waals surface area contributed by atoms with Gasteiger partial charge in [-0.3, -0.25) is 0 Å². The number of para-hydroxylation sites is 2. The summed E-state index contributed by atoms with van der Waals surface area (Å²) >= 11 is 0. The maximum absolute atomic E-state index is 9.06. The largest absolute Gasteiger partial charge is 0.490 e. The Morgan fingerprint density at radius 2 is 1.79 bits per heavy atom.